The van der Waals surface area contributed by atoms with Crippen molar-refractivity contribution < 1.29 is 4.74 Å². The maximum absolute atomic E-state index is 5.81. The van der Waals surface area contributed by atoms with Crippen LogP contribution in [0.15, 0.2) is 42.5 Å². The van der Waals surface area contributed by atoms with Crippen LogP contribution in [0.1, 0.15) is 37.0 Å². The molecule has 1 nitrogen and oxygen atoms in total. The van der Waals surface area contributed by atoms with Gasteiger partial charge in [-0.25, -0.2) is 0 Å². The molecule has 19 heavy (non-hydrogen) atoms. The summed E-state index contributed by atoms with van der Waals surface area (Å²) >= 11 is 0. The SMILES string of the molecule is CC[C@@H](C)OCc1ccc2c(c1)Cc1ccccc1-2. The summed E-state index contributed by atoms with van der Waals surface area (Å²) in [5.74, 6) is 0. The molecule has 0 heterocycles. The van der Waals surface area contributed by atoms with Crippen LogP contribution in [0.3, 0.4) is 0 Å². The van der Waals surface area contributed by atoms with Gasteiger partial charge >= 0.3 is 0 Å². The van der Waals surface area contributed by atoms with Gasteiger partial charge in [0.15, 0.2) is 0 Å². The summed E-state index contributed by atoms with van der Waals surface area (Å²) in [6.45, 7) is 5.01. The van der Waals surface area contributed by atoms with Crippen LogP contribution in [-0.2, 0) is 17.8 Å². The summed E-state index contributed by atoms with van der Waals surface area (Å²) in [7, 11) is 0. The topological polar surface area (TPSA) is 9.23 Å². The third kappa shape index (κ3) is 2.43. The summed E-state index contributed by atoms with van der Waals surface area (Å²) < 4.78 is 5.81. The molecule has 0 amide bonds. The first-order valence-electron chi connectivity index (χ1n) is 7.09. The number of ether oxygens (including phenoxy) is 1. The van der Waals surface area contributed by atoms with Gasteiger partial charge in [0.25, 0.3) is 0 Å². The van der Waals surface area contributed by atoms with Gasteiger partial charge < -0.3 is 4.74 Å². The molecule has 1 aliphatic carbocycles. The van der Waals surface area contributed by atoms with Gasteiger partial charge in [-0.3, -0.25) is 0 Å². The maximum atomic E-state index is 5.81. The van der Waals surface area contributed by atoms with Crippen molar-refractivity contribution in [2.45, 2.75) is 39.4 Å². The second-order valence-corrected chi connectivity index (χ2v) is 5.36. The largest absolute Gasteiger partial charge is 0.374 e. The number of benzene rings is 2. The molecule has 0 aromatic heterocycles. The molecule has 0 fully saturated rings. The van der Waals surface area contributed by atoms with Gasteiger partial charge in [0, 0.05) is 0 Å². The standard InChI is InChI=1S/C18H20O/c1-3-13(2)19-12-14-8-9-18-16(10-14)11-15-6-4-5-7-17(15)18/h4-10,13H,3,11-12H2,1-2H3/t13-/m1/s1. The summed E-state index contributed by atoms with van der Waals surface area (Å²) in [5.41, 5.74) is 6.95. The van der Waals surface area contributed by atoms with Gasteiger partial charge in [0.05, 0.1) is 12.7 Å². The summed E-state index contributed by atoms with van der Waals surface area (Å²) in [4.78, 5) is 0. The Balaban J connectivity index is 1.81. The van der Waals surface area contributed by atoms with Crippen LogP contribution in [0.2, 0.25) is 0 Å². The highest BCUT2D eigenvalue weighted by atomic mass is 16.5. The van der Waals surface area contributed by atoms with E-state index in [4.69, 9.17) is 4.74 Å². The average molecular weight is 252 g/mol. The highest BCUT2D eigenvalue weighted by Crippen LogP contribution is 2.36. The minimum atomic E-state index is 0.338. The lowest BCUT2D eigenvalue weighted by Gasteiger charge is -2.11. The highest BCUT2D eigenvalue weighted by molar-refractivity contribution is 5.76. The molecule has 1 atom stereocenters. The molecule has 1 aliphatic rings. The monoisotopic (exact) mass is 252 g/mol. The molecular formula is C18H20O. The normalized spacial score (nSPS) is 14.0. The van der Waals surface area contributed by atoms with Crippen LogP contribution in [-0.4, -0.2) is 6.10 Å². The van der Waals surface area contributed by atoms with Gasteiger partial charge in [0.1, 0.15) is 0 Å². The van der Waals surface area contributed by atoms with Crippen molar-refractivity contribution >= 4 is 0 Å². The van der Waals surface area contributed by atoms with E-state index in [2.05, 4.69) is 56.3 Å². The molecule has 0 saturated heterocycles. The lowest BCUT2D eigenvalue weighted by molar-refractivity contribution is 0.0508. The first-order valence-corrected chi connectivity index (χ1v) is 7.09. The molecule has 2 aromatic carbocycles. The van der Waals surface area contributed by atoms with Gasteiger partial charge in [-0.2, -0.15) is 0 Å². The van der Waals surface area contributed by atoms with Gasteiger partial charge in [0.2, 0.25) is 0 Å². The van der Waals surface area contributed by atoms with Crippen LogP contribution in [0.25, 0.3) is 11.1 Å². The molecule has 0 bridgehead atoms. The number of hydrogen-bond donors (Lipinski definition) is 0. The molecule has 98 valence electrons. The molecule has 1 heteroatoms. The third-order valence-corrected chi connectivity index (χ3v) is 3.97. The Morgan fingerprint density at radius 1 is 1.05 bits per heavy atom. The van der Waals surface area contributed by atoms with Crippen LogP contribution in [0.5, 0.6) is 0 Å². The highest BCUT2D eigenvalue weighted by Gasteiger charge is 2.17. The summed E-state index contributed by atoms with van der Waals surface area (Å²) in [5, 5.41) is 0. The molecule has 0 spiro atoms. The van der Waals surface area contributed by atoms with Crippen molar-refractivity contribution in [1.29, 1.82) is 0 Å². The van der Waals surface area contributed by atoms with Crippen LogP contribution in [0.4, 0.5) is 0 Å². The fourth-order valence-electron chi connectivity index (χ4n) is 2.64. The quantitative estimate of drug-likeness (QED) is 0.660. The zero-order valence-electron chi connectivity index (χ0n) is 11.6. The van der Waals surface area contributed by atoms with Crippen molar-refractivity contribution in [1.82, 2.24) is 0 Å². The predicted molar refractivity (Wildman–Crippen MR) is 79.2 cm³/mol. The Kier molecular flexibility index (Phi) is 3.39. The fraction of sp³-hybridized carbons (Fsp3) is 0.333. The van der Waals surface area contributed by atoms with Crippen molar-refractivity contribution in [2.75, 3.05) is 0 Å². The zero-order chi connectivity index (χ0) is 13.2. The third-order valence-electron chi connectivity index (χ3n) is 3.97. The van der Waals surface area contributed by atoms with E-state index in [0.717, 1.165) is 19.4 Å². The number of rotatable bonds is 4. The van der Waals surface area contributed by atoms with E-state index in [1.54, 1.807) is 0 Å². The maximum Gasteiger partial charge on any atom is 0.0720 e. The molecule has 3 rings (SSSR count). The molecular weight excluding hydrogens is 232 g/mol. The van der Waals surface area contributed by atoms with E-state index < -0.39 is 0 Å². The van der Waals surface area contributed by atoms with Crippen molar-refractivity contribution in [3.05, 3.63) is 59.2 Å². The molecule has 0 N–H and O–H groups in total. The Hall–Kier alpha value is -1.60. The summed E-state index contributed by atoms with van der Waals surface area (Å²) in [6, 6.07) is 15.4. The Morgan fingerprint density at radius 2 is 1.84 bits per heavy atom. The van der Waals surface area contributed by atoms with E-state index in [1.165, 1.54) is 27.8 Å². The minimum absolute atomic E-state index is 0.338. The zero-order valence-corrected chi connectivity index (χ0v) is 11.6. The molecule has 0 radical (unpaired) electrons. The van der Waals surface area contributed by atoms with Crippen LogP contribution >= 0.6 is 0 Å². The van der Waals surface area contributed by atoms with Gasteiger partial charge in [-0.15, -0.1) is 0 Å². The van der Waals surface area contributed by atoms with Gasteiger partial charge in [-0.1, -0.05) is 49.4 Å². The fourth-order valence-corrected chi connectivity index (χ4v) is 2.64. The van der Waals surface area contributed by atoms with Crippen molar-refractivity contribution in [2.24, 2.45) is 0 Å². The van der Waals surface area contributed by atoms with E-state index in [9.17, 15) is 0 Å². The van der Waals surface area contributed by atoms with Crippen molar-refractivity contribution in [3.8, 4) is 11.1 Å². The first-order chi connectivity index (χ1) is 9.28. The second-order valence-electron chi connectivity index (χ2n) is 5.36. The lowest BCUT2D eigenvalue weighted by atomic mass is 10.0. The van der Waals surface area contributed by atoms with E-state index in [0.29, 0.717) is 6.10 Å². The minimum Gasteiger partial charge on any atom is -0.374 e. The van der Waals surface area contributed by atoms with Crippen molar-refractivity contribution in [3.63, 3.8) is 0 Å². The number of fused-ring (bicyclic) bond motifs is 3. The van der Waals surface area contributed by atoms with Gasteiger partial charge in [-0.05, 0) is 47.6 Å². The molecule has 0 unspecified atom stereocenters. The Bertz CT molecular complexity index is 586. The average Bonchev–Trinajstić information content (AvgIpc) is 2.82. The van der Waals surface area contributed by atoms with E-state index in [1.807, 2.05) is 0 Å². The smallest absolute Gasteiger partial charge is 0.0720 e. The first kappa shape index (κ1) is 12.4. The van der Waals surface area contributed by atoms with Crippen LogP contribution < -0.4 is 0 Å². The van der Waals surface area contributed by atoms with E-state index >= 15 is 0 Å². The second kappa shape index (κ2) is 5.18. The number of hydrogen-bond acceptors (Lipinski definition) is 1. The predicted octanol–water partition coefficient (Wildman–Crippen LogP) is 4.57. The van der Waals surface area contributed by atoms with Crippen LogP contribution in [0, 0.1) is 0 Å². The summed E-state index contributed by atoms with van der Waals surface area (Å²) in [6.07, 6.45) is 2.46. The Labute approximate surface area is 115 Å². The molecule has 0 aliphatic heterocycles. The Morgan fingerprint density at radius 3 is 2.68 bits per heavy atom. The molecule has 0 saturated carbocycles. The lowest BCUT2D eigenvalue weighted by Crippen LogP contribution is -2.06. The molecule has 2 aromatic rings. The van der Waals surface area contributed by atoms with E-state index in [-0.39, 0.29) is 0 Å².